The Hall–Kier alpha value is -2.59. The van der Waals surface area contributed by atoms with Crippen molar-refractivity contribution in [3.63, 3.8) is 0 Å². The van der Waals surface area contributed by atoms with Gasteiger partial charge in [-0.2, -0.15) is 0 Å². The maximum atomic E-state index is 14.0. The molecule has 3 aromatic rings. The standard InChI is InChI=1S/C29H32BrCl2N3O4S/c1-5-20(3)33-29(37)21(4)34(17-22-8-10-23(30)11-9-22)28(36)18-35(26-15-24(31)14-25(32)16-26)40(38,39)27-12-6-19(2)7-13-27/h6-16,20-21H,5,17-18H2,1-4H3,(H,33,37)/t20-,21+/m0/s1. The molecule has 0 aliphatic heterocycles. The molecule has 0 saturated carbocycles. The van der Waals surface area contributed by atoms with Crippen LogP contribution in [0.1, 0.15) is 38.3 Å². The lowest BCUT2D eigenvalue weighted by Gasteiger charge is -2.32. The zero-order valence-corrected chi connectivity index (χ0v) is 26.6. The molecule has 0 saturated heterocycles. The van der Waals surface area contributed by atoms with Crippen LogP contribution in [0.15, 0.2) is 76.1 Å². The Kier molecular flexibility index (Phi) is 11.1. The minimum atomic E-state index is -4.22. The van der Waals surface area contributed by atoms with Gasteiger partial charge in [-0.3, -0.25) is 13.9 Å². The number of hydrogen-bond acceptors (Lipinski definition) is 4. The Labute approximate surface area is 254 Å². The highest BCUT2D eigenvalue weighted by molar-refractivity contribution is 9.10. The van der Waals surface area contributed by atoms with Crippen molar-refractivity contribution in [1.82, 2.24) is 10.2 Å². The fourth-order valence-electron chi connectivity index (χ4n) is 3.88. The highest BCUT2D eigenvalue weighted by Gasteiger charge is 2.33. The smallest absolute Gasteiger partial charge is 0.264 e. The zero-order valence-electron chi connectivity index (χ0n) is 22.7. The minimum absolute atomic E-state index is 0.00372. The highest BCUT2D eigenvalue weighted by Crippen LogP contribution is 2.30. The predicted octanol–water partition coefficient (Wildman–Crippen LogP) is 6.59. The first-order valence-corrected chi connectivity index (χ1v) is 15.7. The average Bonchev–Trinajstić information content (AvgIpc) is 2.90. The van der Waals surface area contributed by atoms with Gasteiger partial charge in [0.1, 0.15) is 12.6 Å². The molecule has 0 bridgehead atoms. The molecule has 0 unspecified atom stereocenters. The number of aryl methyl sites for hydroxylation is 1. The molecule has 2 atom stereocenters. The Balaban J connectivity index is 2.05. The predicted molar refractivity (Wildman–Crippen MR) is 164 cm³/mol. The molecule has 0 radical (unpaired) electrons. The van der Waals surface area contributed by atoms with Crippen LogP contribution < -0.4 is 9.62 Å². The van der Waals surface area contributed by atoms with Crippen LogP contribution in [0.4, 0.5) is 5.69 Å². The molecule has 214 valence electrons. The highest BCUT2D eigenvalue weighted by atomic mass is 79.9. The van der Waals surface area contributed by atoms with Crippen molar-refractivity contribution in [2.45, 2.75) is 57.6 Å². The Morgan fingerprint density at radius 1 is 0.950 bits per heavy atom. The van der Waals surface area contributed by atoms with E-state index in [-0.39, 0.29) is 39.1 Å². The second kappa shape index (κ2) is 13.9. The SMILES string of the molecule is CC[C@H](C)NC(=O)[C@@H](C)N(Cc1ccc(Br)cc1)C(=O)CN(c1cc(Cl)cc(Cl)c1)S(=O)(=O)c1ccc(C)cc1. The molecule has 0 aliphatic rings. The van der Waals surface area contributed by atoms with Gasteiger partial charge in [0.15, 0.2) is 0 Å². The molecule has 3 rings (SSSR count). The van der Waals surface area contributed by atoms with Crippen molar-refractivity contribution in [2.75, 3.05) is 10.8 Å². The first kappa shape index (κ1) is 31.9. The summed E-state index contributed by atoms with van der Waals surface area (Å²) in [6.45, 7) is 6.82. The molecule has 7 nitrogen and oxygen atoms in total. The lowest BCUT2D eigenvalue weighted by Crippen LogP contribution is -2.52. The Morgan fingerprint density at radius 3 is 2.08 bits per heavy atom. The van der Waals surface area contributed by atoms with Gasteiger partial charge < -0.3 is 10.2 Å². The molecule has 0 heterocycles. The fourth-order valence-corrected chi connectivity index (χ4v) is 6.06. The van der Waals surface area contributed by atoms with Gasteiger partial charge in [0.25, 0.3) is 10.0 Å². The van der Waals surface area contributed by atoms with Gasteiger partial charge in [-0.15, -0.1) is 0 Å². The monoisotopic (exact) mass is 667 g/mol. The van der Waals surface area contributed by atoms with E-state index < -0.39 is 28.5 Å². The number of hydrogen-bond donors (Lipinski definition) is 1. The van der Waals surface area contributed by atoms with E-state index in [0.717, 1.165) is 26.3 Å². The summed E-state index contributed by atoms with van der Waals surface area (Å²) in [7, 11) is -4.22. The lowest BCUT2D eigenvalue weighted by molar-refractivity contribution is -0.139. The van der Waals surface area contributed by atoms with Crippen molar-refractivity contribution in [1.29, 1.82) is 0 Å². The normalized spacial score (nSPS) is 12.9. The number of carbonyl (C=O) groups is 2. The molecular weight excluding hydrogens is 637 g/mol. The largest absolute Gasteiger partial charge is 0.352 e. The van der Waals surface area contributed by atoms with E-state index in [4.69, 9.17) is 23.2 Å². The van der Waals surface area contributed by atoms with Crippen LogP contribution in [-0.2, 0) is 26.2 Å². The molecule has 40 heavy (non-hydrogen) atoms. The van der Waals surface area contributed by atoms with Crippen molar-refractivity contribution < 1.29 is 18.0 Å². The molecule has 1 N–H and O–H groups in total. The summed E-state index contributed by atoms with van der Waals surface area (Å²) in [6.07, 6.45) is 0.719. The summed E-state index contributed by atoms with van der Waals surface area (Å²) in [5.41, 5.74) is 1.79. The molecule has 11 heteroatoms. The summed E-state index contributed by atoms with van der Waals surface area (Å²) in [4.78, 5) is 28.5. The summed E-state index contributed by atoms with van der Waals surface area (Å²) in [6, 6.07) is 17.0. The number of nitrogens with one attached hydrogen (secondary N) is 1. The van der Waals surface area contributed by atoms with Crippen LogP contribution in [0.5, 0.6) is 0 Å². The summed E-state index contributed by atoms with van der Waals surface area (Å²) in [5, 5.41) is 3.34. The number of rotatable bonds is 11. The van der Waals surface area contributed by atoms with E-state index >= 15 is 0 Å². The first-order valence-electron chi connectivity index (χ1n) is 12.7. The summed E-state index contributed by atoms with van der Waals surface area (Å²) < 4.78 is 29.6. The van der Waals surface area contributed by atoms with Gasteiger partial charge in [-0.1, -0.05) is 75.9 Å². The van der Waals surface area contributed by atoms with Crippen molar-refractivity contribution in [2.24, 2.45) is 0 Å². The maximum Gasteiger partial charge on any atom is 0.264 e. The third-order valence-corrected chi connectivity index (χ3v) is 9.21. The van der Waals surface area contributed by atoms with Gasteiger partial charge >= 0.3 is 0 Å². The van der Waals surface area contributed by atoms with E-state index in [1.165, 1.54) is 35.2 Å². The van der Waals surface area contributed by atoms with Gasteiger partial charge in [-0.05, 0) is 75.2 Å². The topological polar surface area (TPSA) is 86.8 Å². The Bertz CT molecular complexity index is 1430. The number of sulfonamides is 1. The van der Waals surface area contributed by atoms with Crippen molar-refractivity contribution >= 4 is 66.7 Å². The van der Waals surface area contributed by atoms with Crippen molar-refractivity contribution in [3.05, 3.63) is 92.4 Å². The summed E-state index contributed by atoms with van der Waals surface area (Å²) >= 11 is 15.9. The van der Waals surface area contributed by atoms with Crippen LogP contribution in [0.2, 0.25) is 10.0 Å². The van der Waals surface area contributed by atoms with Gasteiger partial charge in [0.05, 0.1) is 10.6 Å². The van der Waals surface area contributed by atoms with E-state index in [0.29, 0.717) is 0 Å². The van der Waals surface area contributed by atoms with Gasteiger partial charge in [0, 0.05) is 27.1 Å². The van der Waals surface area contributed by atoms with Crippen LogP contribution in [-0.4, -0.2) is 43.8 Å². The third-order valence-electron chi connectivity index (χ3n) is 6.46. The lowest BCUT2D eigenvalue weighted by atomic mass is 10.1. The van der Waals surface area contributed by atoms with Crippen LogP contribution >= 0.6 is 39.1 Å². The molecule has 0 aliphatic carbocycles. The quantitative estimate of drug-likeness (QED) is 0.250. The molecule has 3 aromatic carbocycles. The summed E-state index contributed by atoms with van der Waals surface area (Å²) in [5.74, 6) is -0.903. The number of benzene rings is 3. The van der Waals surface area contributed by atoms with E-state index in [1.54, 1.807) is 19.1 Å². The first-order chi connectivity index (χ1) is 18.8. The van der Waals surface area contributed by atoms with E-state index in [2.05, 4.69) is 21.2 Å². The second-order valence-electron chi connectivity index (χ2n) is 9.59. The second-order valence-corrected chi connectivity index (χ2v) is 13.2. The van der Waals surface area contributed by atoms with Crippen LogP contribution in [0, 0.1) is 6.92 Å². The maximum absolute atomic E-state index is 14.0. The number of halogens is 3. The fraction of sp³-hybridized carbons (Fsp3) is 0.310. The third kappa shape index (κ3) is 8.22. The molecule has 0 fully saturated rings. The van der Waals surface area contributed by atoms with Gasteiger partial charge in [-0.25, -0.2) is 8.42 Å². The average molecular weight is 669 g/mol. The van der Waals surface area contributed by atoms with Crippen LogP contribution in [0.25, 0.3) is 0 Å². The number of amides is 2. The minimum Gasteiger partial charge on any atom is -0.352 e. The van der Waals surface area contributed by atoms with E-state index in [9.17, 15) is 18.0 Å². The van der Waals surface area contributed by atoms with Crippen molar-refractivity contribution in [3.8, 4) is 0 Å². The molecule has 0 spiro atoms. The molecule has 2 amide bonds. The number of carbonyl (C=O) groups excluding carboxylic acids is 2. The van der Waals surface area contributed by atoms with Gasteiger partial charge in [0.2, 0.25) is 11.8 Å². The van der Waals surface area contributed by atoms with Crippen LogP contribution in [0.3, 0.4) is 0 Å². The molecule has 0 aromatic heterocycles. The van der Waals surface area contributed by atoms with E-state index in [1.807, 2.05) is 45.0 Å². The molecular formula is C29H32BrCl2N3O4S. The number of nitrogens with zero attached hydrogens (tertiary/aromatic N) is 2. The Morgan fingerprint density at radius 2 is 1.52 bits per heavy atom. The number of anilines is 1. The zero-order chi connectivity index (χ0) is 29.6.